The van der Waals surface area contributed by atoms with Crippen LogP contribution in [0.2, 0.25) is 0 Å². The zero-order chi connectivity index (χ0) is 18.6. The van der Waals surface area contributed by atoms with Crippen LogP contribution in [0, 0.1) is 0 Å². The van der Waals surface area contributed by atoms with Crippen molar-refractivity contribution in [2.45, 2.75) is 45.7 Å². The highest BCUT2D eigenvalue weighted by molar-refractivity contribution is 5.63. The van der Waals surface area contributed by atoms with E-state index >= 15 is 0 Å². The molecule has 1 aromatic carbocycles. The predicted octanol–water partition coefficient (Wildman–Crippen LogP) is 4.36. The molecule has 142 valence electrons. The number of nitrogens with zero attached hydrogens (tertiary/aromatic N) is 3. The van der Waals surface area contributed by atoms with Gasteiger partial charge in [0.2, 0.25) is 0 Å². The number of ether oxygens (including phenoxy) is 1. The largest absolute Gasteiger partial charge is 0.494 e. The fourth-order valence-corrected chi connectivity index (χ4v) is 3.77. The summed E-state index contributed by atoms with van der Waals surface area (Å²) in [6.45, 7) is 6.66. The zero-order valence-electron chi connectivity index (χ0n) is 15.9. The molecule has 0 saturated carbocycles. The molecule has 1 fully saturated rings. The van der Waals surface area contributed by atoms with Crippen LogP contribution in [0.15, 0.2) is 41.1 Å². The molecule has 1 N–H and O–H groups in total. The number of hydrogen-bond donors (Lipinski definition) is 1. The van der Waals surface area contributed by atoms with Crippen molar-refractivity contribution in [1.82, 2.24) is 20.3 Å². The molecular weight excluding hydrogens is 340 g/mol. The molecule has 0 aliphatic carbocycles. The Morgan fingerprint density at radius 1 is 1.26 bits per heavy atom. The monoisotopic (exact) mass is 366 g/mol. The molecule has 0 amide bonds. The minimum absolute atomic E-state index is 0.292. The Hall–Kier alpha value is -2.60. The molecule has 27 heavy (non-hydrogen) atoms. The average Bonchev–Trinajstić information content (AvgIpc) is 3.43. The van der Waals surface area contributed by atoms with Crippen molar-refractivity contribution in [1.29, 1.82) is 0 Å². The third-order valence-electron chi connectivity index (χ3n) is 5.18. The molecule has 0 spiro atoms. The molecule has 1 saturated heterocycles. The lowest BCUT2D eigenvalue weighted by Crippen LogP contribution is -2.22. The van der Waals surface area contributed by atoms with Crippen LogP contribution in [-0.4, -0.2) is 33.4 Å². The van der Waals surface area contributed by atoms with E-state index in [2.05, 4.69) is 45.4 Å². The summed E-state index contributed by atoms with van der Waals surface area (Å²) in [6.07, 6.45) is 5.11. The van der Waals surface area contributed by atoms with Crippen molar-refractivity contribution >= 4 is 0 Å². The zero-order valence-corrected chi connectivity index (χ0v) is 15.9. The van der Waals surface area contributed by atoms with Crippen LogP contribution in [0.3, 0.4) is 0 Å². The maximum absolute atomic E-state index is 5.61. The van der Waals surface area contributed by atoms with E-state index in [4.69, 9.17) is 9.26 Å². The van der Waals surface area contributed by atoms with Gasteiger partial charge in [0.15, 0.2) is 5.76 Å². The summed E-state index contributed by atoms with van der Waals surface area (Å²) in [5.74, 6) is 1.87. The summed E-state index contributed by atoms with van der Waals surface area (Å²) in [5, 5.41) is 11.6. The summed E-state index contributed by atoms with van der Waals surface area (Å²) in [7, 11) is 0. The Morgan fingerprint density at radius 2 is 2.11 bits per heavy atom. The number of aromatic nitrogens is 3. The molecule has 1 atom stereocenters. The molecule has 0 bridgehead atoms. The van der Waals surface area contributed by atoms with Crippen LogP contribution in [0.5, 0.6) is 5.75 Å². The lowest BCUT2D eigenvalue weighted by Gasteiger charge is -2.22. The fraction of sp³-hybridized carbons (Fsp3) is 0.429. The van der Waals surface area contributed by atoms with Gasteiger partial charge in [0.1, 0.15) is 5.75 Å². The van der Waals surface area contributed by atoms with E-state index in [-0.39, 0.29) is 0 Å². The molecule has 6 heteroatoms. The summed E-state index contributed by atoms with van der Waals surface area (Å²) < 4.78 is 11.2. The van der Waals surface area contributed by atoms with Gasteiger partial charge < -0.3 is 9.26 Å². The van der Waals surface area contributed by atoms with Gasteiger partial charge in [-0.05, 0) is 57.0 Å². The van der Waals surface area contributed by atoms with E-state index in [0.717, 1.165) is 54.4 Å². The van der Waals surface area contributed by atoms with Crippen molar-refractivity contribution in [2.24, 2.45) is 0 Å². The Balaban J connectivity index is 1.52. The first-order valence-electron chi connectivity index (χ1n) is 9.73. The second-order valence-corrected chi connectivity index (χ2v) is 6.93. The first-order valence-corrected chi connectivity index (χ1v) is 9.73. The van der Waals surface area contributed by atoms with Crippen molar-refractivity contribution in [3.8, 4) is 17.0 Å². The number of rotatable bonds is 7. The number of nitrogens with one attached hydrogen (secondary N) is 1. The second kappa shape index (κ2) is 7.96. The third-order valence-corrected chi connectivity index (χ3v) is 5.18. The van der Waals surface area contributed by atoms with Gasteiger partial charge in [-0.3, -0.25) is 10.00 Å². The minimum atomic E-state index is 0.292. The molecule has 2 aromatic heterocycles. The Kier molecular flexibility index (Phi) is 5.25. The standard InChI is InChI=1S/C21H26N4O2/c1-3-17-12-20(27-24-17)19-6-5-11-25(19)14-16-13-22-23-21(16)15-7-9-18(10-8-15)26-4-2/h7-10,12-13,19H,3-6,11,14H2,1-2H3,(H,22,23)/t19-/m1/s1. The number of H-pyrrole nitrogens is 1. The molecule has 0 unspecified atom stereocenters. The highest BCUT2D eigenvalue weighted by atomic mass is 16.5. The van der Waals surface area contributed by atoms with Gasteiger partial charge in [0.05, 0.1) is 30.2 Å². The van der Waals surface area contributed by atoms with Crippen molar-refractivity contribution in [3.05, 3.63) is 53.5 Å². The van der Waals surface area contributed by atoms with Crippen molar-refractivity contribution in [3.63, 3.8) is 0 Å². The maximum Gasteiger partial charge on any atom is 0.154 e. The van der Waals surface area contributed by atoms with Gasteiger partial charge in [-0.1, -0.05) is 12.1 Å². The highest BCUT2D eigenvalue weighted by Gasteiger charge is 2.30. The molecule has 1 aliphatic heterocycles. The number of benzene rings is 1. The lowest BCUT2D eigenvalue weighted by atomic mass is 10.1. The molecule has 6 nitrogen and oxygen atoms in total. The first kappa shape index (κ1) is 17.8. The molecular formula is C21H26N4O2. The number of likely N-dealkylation sites (tertiary alicyclic amines) is 1. The maximum atomic E-state index is 5.61. The number of aromatic amines is 1. The van der Waals surface area contributed by atoms with Gasteiger partial charge in [-0.15, -0.1) is 0 Å². The number of aryl methyl sites for hydroxylation is 1. The van der Waals surface area contributed by atoms with E-state index in [1.807, 2.05) is 25.3 Å². The predicted molar refractivity (Wildman–Crippen MR) is 103 cm³/mol. The smallest absolute Gasteiger partial charge is 0.154 e. The van der Waals surface area contributed by atoms with E-state index in [0.29, 0.717) is 12.6 Å². The molecule has 1 aliphatic rings. The summed E-state index contributed by atoms with van der Waals surface area (Å²) in [5.41, 5.74) is 4.40. The first-order chi connectivity index (χ1) is 13.3. The lowest BCUT2D eigenvalue weighted by molar-refractivity contribution is 0.206. The van der Waals surface area contributed by atoms with E-state index in [1.54, 1.807) is 0 Å². The van der Waals surface area contributed by atoms with E-state index in [9.17, 15) is 0 Å². The van der Waals surface area contributed by atoms with Crippen LogP contribution in [-0.2, 0) is 13.0 Å². The summed E-state index contributed by atoms with van der Waals surface area (Å²) in [6, 6.07) is 10.6. The Labute approximate surface area is 159 Å². The van der Waals surface area contributed by atoms with E-state index in [1.165, 1.54) is 12.0 Å². The van der Waals surface area contributed by atoms with Crippen LogP contribution in [0.4, 0.5) is 0 Å². The average molecular weight is 366 g/mol. The highest BCUT2D eigenvalue weighted by Crippen LogP contribution is 2.35. The molecule has 3 aromatic rings. The third kappa shape index (κ3) is 3.76. The Morgan fingerprint density at radius 3 is 2.85 bits per heavy atom. The van der Waals surface area contributed by atoms with Crippen LogP contribution >= 0.6 is 0 Å². The molecule has 3 heterocycles. The van der Waals surface area contributed by atoms with Crippen molar-refractivity contribution in [2.75, 3.05) is 13.2 Å². The summed E-state index contributed by atoms with van der Waals surface area (Å²) in [4.78, 5) is 2.46. The van der Waals surface area contributed by atoms with Gasteiger partial charge in [0.25, 0.3) is 0 Å². The van der Waals surface area contributed by atoms with Gasteiger partial charge >= 0.3 is 0 Å². The van der Waals surface area contributed by atoms with E-state index < -0.39 is 0 Å². The minimum Gasteiger partial charge on any atom is -0.494 e. The molecule has 4 rings (SSSR count). The Bertz CT molecular complexity index is 868. The topological polar surface area (TPSA) is 67.2 Å². The number of hydrogen-bond acceptors (Lipinski definition) is 5. The van der Waals surface area contributed by atoms with Crippen molar-refractivity contribution < 1.29 is 9.26 Å². The van der Waals surface area contributed by atoms with Gasteiger partial charge in [0, 0.05) is 23.7 Å². The summed E-state index contributed by atoms with van der Waals surface area (Å²) >= 11 is 0. The van der Waals surface area contributed by atoms with Crippen LogP contribution in [0.25, 0.3) is 11.3 Å². The van der Waals surface area contributed by atoms with Gasteiger partial charge in [-0.25, -0.2) is 0 Å². The van der Waals surface area contributed by atoms with Crippen LogP contribution in [0.1, 0.15) is 49.7 Å². The SMILES string of the molecule is CCOc1ccc(-c2[nH]ncc2CN2CCC[C@@H]2c2cc(CC)no2)cc1. The molecule has 0 radical (unpaired) electrons. The normalized spacial score (nSPS) is 17.5. The second-order valence-electron chi connectivity index (χ2n) is 6.93. The van der Waals surface area contributed by atoms with Gasteiger partial charge in [-0.2, -0.15) is 5.10 Å². The van der Waals surface area contributed by atoms with Crippen LogP contribution < -0.4 is 4.74 Å². The fourth-order valence-electron chi connectivity index (χ4n) is 3.77. The quantitative estimate of drug-likeness (QED) is 0.673.